The van der Waals surface area contributed by atoms with Gasteiger partial charge in [-0.1, -0.05) is 6.07 Å². The number of nitrogens with zero attached hydrogens (tertiary/aromatic N) is 1. The van der Waals surface area contributed by atoms with Gasteiger partial charge in [0.1, 0.15) is 11.4 Å². The van der Waals surface area contributed by atoms with Gasteiger partial charge in [-0.25, -0.2) is 13.8 Å². The molecule has 2 heterocycles. The quantitative estimate of drug-likeness (QED) is 0.204. The van der Waals surface area contributed by atoms with E-state index >= 15 is 0 Å². The largest absolute Gasteiger partial charge is 1.00 e. The molecule has 7 nitrogen and oxygen atoms in total. The maximum Gasteiger partial charge on any atom is 0.271 e. The third kappa shape index (κ3) is 6.06. The Morgan fingerprint density at radius 2 is 2.00 bits per heavy atom. The van der Waals surface area contributed by atoms with Gasteiger partial charge in [0.15, 0.2) is 23.1 Å². The normalized spacial score (nSPS) is 10.1. The van der Waals surface area contributed by atoms with Gasteiger partial charge in [-0.15, -0.1) is 11.3 Å². The minimum Gasteiger partial charge on any atom is -1.00 e. The molecule has 0 radical (unpaired) electrons. The van der Waals surface area contributed by atoms with E-state index in [1.54, 1.807) is 35.0 Å². The number of rotatable bonds is 7. The number of halogens is 1. The summed E-state index contributed by atoms with van der Waals surface area (Å²) in [4.78, 5) is 24.5. The Hall–Kier alpha value is -1.81. The van der Waals surface area contributed by atoms with Crippen LogP contribution in [0.5, 0.6) is 0 Å². The van der Waals surface area contributed by atoms with Crippen LogP contribution in [0.15, 0.2) is 42.0 Å². The summed E-state index contributed by atoms with van der Waals surface area (Å²) < 4.78 is 22.4. The molecule has 0 aliphatic heterocycles. The molecule has 2 N–H and O–H groups in total. The third-order valence-electron chi connectivity index (χ3n) is 2.65. The van der Waals surface area contributed by atoms with Gasteiger partial charge in [0.2, 0.25) is 12.3 Å². The molecule has 0 unspecified atom stereocenters. The number of ketones is 1. The van der Waals surface area contributed by atoms with Gasteiger partial charge in [-0.05, 0) is 17.5 Å². The van der Waals surface area contributed by atoms with Crippen molar-refractivity contribution in [1.82, 2.24) is 10.9 Å². The van der Waals surface area contributed by atoms with Crippen molar-refractivity contribution >= 4 is 33.7 Å². The first-order valence-electron chi connectivity index (χ1n) is 6.27. The number of carbonyl (C=O) groups is 2. The SMILES string of the molecule is O=C(NNC[SH](=O)=O)c1ccc[n+](CC(=O)c2cccs2)c1.[Cl-]. The van der Waals surface area contributed by atoms with Gasteiger partial charge >= 0.3 is 0 Å². The molecule has 0 spiro atoms. The van der Waals surface area contributed by atoms with Crippen LogP contribution in [0, 0.1) is 0 Å². The number of carbonyl (C=O) groups excluding carboxylic acids is 2. The minimum absolute atomic E-state index is 0. The van der Waals surface area contributed by atoms with Crippen molar-refractivity contribution in [3.05, 3.63) is 52.5 Å². The molecule has 0 aromatic carbocycles. The maximum absolute atomic E-state index is 12.0. The van der Waals surface area contributed by atoms with Crippen LogP contribution in [0.25, 0.3) is 0 Å². The Kier molecular flexibility index (Phi) is 7.83. The average molecular weight is 376 g/mol. The number of Topliss-reactive ketones (excluding diaryl/α,β-unsaturated/α-hetero) is 1. The Morgan fingerprint density at radius 1 is 1.22 bits per heavy atom. The van der Waals surface area contributed by atoms with E-state index in [1.807, 2.05) is 5.38 Å². The van der Waals surface area contributed by atoms with Crippen LogP contribution in [0.3, 0.4) is 0 Å². The number of aromatic nitrogens is 1. The maximum atomic E-state index is 12.0. The number of nitrogens with one attached hydrogen (secondary N) is 2. The van der Waals surface area contributed by atoms with E-state index in [2.05, 4.69) is 10.9 Å². The Morgan fingerprint density at radius 3 is 2.65 bits per heavy atom. The van der Waals surface area contributed by atoms with Crippen LogP contribution in [-0.4, -0.2) is 26.0 Å². The zero-order chi connectivity index (χ0) is 15.9. The predicted octanol–water partition coefficient (Wildman–Crippen LogP) is -3.27. The zero-order valence-electron chi connectivity index (χ0n) is 11.8. The fourth-order valence-corrected chi connectivity index (χ4v) is 2.56. The highest BCUT2D eigenvalue weighted by Gasteiger charge is 2.15. The van der Waals surface area contributed by atoms with Crippen molar-refractivity contribution in [2.45, 2.75) is 6.54 Å². The van der Waals surface area contributed by atoms with Gasteiger partial charge in [0, 0.05) is 6.07 Å². The molecule has 0 aliphatic rings. The smallest absolute Gasteiger partial charge is 0.271 e. The molecule has 0 bridgehead atoms. The standard InChI is InChI=1S/C13H13N3O4S2.ClH/c17-11(12-4-2-6-21-12)8-16-5-1-3-10(7-16)13(18)15-14-9-22(19)20;/h1-7,14,22H,8-9H2;1H. The third-order valence-corrected chi connectivity index (χ3v) is 3.98. The molecule has 0 saturated carbocycles. The Labute approximate surface area is 144 Å². The first-order valence-corrected chi connectivity index (χ1v) is 8.51. The van der Waals surface area contributed by atoms with Crippen molar-refractivity contribution in [2.75, 3.05) is 5.88 Å². The molecule has 2 aromatic rings. The second-order valence-corrected chi connectivity index (χ2v) is 6.22. The molecule has 23 heavy (non-hydrogen) atoms. The van der Waals surface area contributed by atoms with Crippen molar-refractivity contribution in [3.63, 3.8) is 0 Å². The van der Waals surface area contributed by atoms with Gasteiger partial charge in [0.25, 0.3) is 5.91 Å². The van der Waals surface area contributed by atoms with E-state index in [0.29, 0.717) is 10.4 Å². The summed E-state index contributed by atoms with van der Waals surface area (Å²) in [6, 6.07) is 6.77. The highest BCUT2D eigenvalue weighted by Crippen LogP contribution is 2.09. The Balaban J connectivity index is 0.00000264. The van der Waals surface area contributed by atoms with E-state index in [0.717, 1.165) is 0 Å². The lowest BCUT2D eigenvalue weighted by Crippen LogP contribution is -3.00. The summed E-state index contributed by atoms with van der Waals surface area (Å²) in [5.74, 6) is -0.862. The number of hydrazine groups is 1. The summed E-state index contributed by atoms with van der Waals surface area (Å²) in [5.41, 5.74) is 4.88. The van der Waals surface area contributed by atoms with Crippen molar-refractivity contribution in [1.29, 1.82) is 0 Å². The second kappa shape index (κ2) is 9.36. The first kappa shape index (κ1) is 19.2. The van der Waals surface area contributed by atoms with E-state index in [1.165, 1.54) is 17.5 Å². The molecule has 0 fully saturated rings. The molecular formula is C13H14ClN3O4S2. The minimum atomic E-state index is -2.61. The van der Waals surface area contributed by atoms with Crippen molar-refractivity contribution < 1.29 is 35.0 Å². The summed E-state index contributed by atoms with van der Waals surface area (Å²) in [6.07, 6.45) is 3.21. The first-order chi connectivity index (χ1) is 10.6. The van der Waals surface area contributed by atoms with Gasteiger partial charge in [0.05, 0.1) is 4.88 Å². The van der Waals surface area contributed by atoms with Crippen molar-refractivity contribution in [3.8, 4) is 0 Å². The molecular weight excluding hydrogens is 362 g/mol. The molecule has 0 atom stereocenters. The van der Waals surface area contributed by atoms with Crippen LogP contribution < -0.4 is 27.8 Å². The molecule has 1 amide bonds. The fraction of sp³-hybridized carbons (Fsp3) is 0.154. The molecule has 2 rings (SSSR count). The van der Waals surface area contributed by atoms with Crippen LogP contribution in [0.2, 0.25) is 0 Å². The lowest BCUT2D eigenvalue weighted by molar-refractivity contribution is -0.683. The van der Waals surface area contributed by atoms with Gasteiger partial charge in [-0.3, -0.25) is 15.0 Å². The number of thiol groups is 1. The summed E-state index contributed by atoms with van der Waals surface area (Å²) in [6.45, 7) is 0.126. The van der Waals surface area contributed by atoms with Crippen molar-refractivity contribution in [2.24, 2.45) is 0 Å². The zero-order valence-corrected chi connectivity index (χ0v) is 14.2. The van der Waals surface area contributed by atoms with Crippen LogP contribution in [0.4, 0.5) is 0 Å². The predicted molar refractivity (Wildman–Crippen MR) is 81.1 cm³/mol. The van der Waals surface area contributed by atoms with Crippen LogP contribution in [0.1, 0.15) is 20.0 Å². The number of pyridine rings is 1. The van der Waals surface area contributed by atoms with Gasteiger partial charge in [-0.2, -0.15) is 4.57 Å². The Bertz CT molecular complexity index is 739. The van der Waals surface area contributed by atoms with E-state index in [4.69, 9.17) is 0 Å². The van der Waals surface area contributed by atoms with E-state index in [-0.39, 0.29) is 30.6 Å². The lowest BCUT2D eigenvalue weighted by atomic mass is 10.2. The molecule has 2 aromatic heterocycles. The average Bonchev–Trinajstić information content (AvgIpc) is 3.01. The number of thiophene rings is 1. The fourth-order valence-electron chi connectivity index (χ4n) is 1.69. The van der Waals surface area contributed by atoms with Gasteiger partial charge < -0.3 is 12.4 Å². The van der Waals surface area contributed by atoms with Crippen LogP contribution in [-0.2, 0) is 17.2 Å². The highest BCUT2D eigenvalue weighted by atomic mass is 35.5. The number of hydrogen-bond acceptors (Lipinski definition) is 6. The summed E-state index contributed by atoms with van der Waals surface area (Å²) in [7, 11) is -2.61. The monoisotopic (exact) mass is 375 g/mol. The van der Waals surface area contributed by atoms with E-state index < -0.39 is 16.6 Å². The topological polar surface area (TPSA) is 96.2 Å². The van der Waals surface area contributed by atoms with Crippen LogP contribution >= 0.6 is 11.3 Å². The molecule has 124 valence electrons. The second-order valence-electron chi connectivity index (χ2n) is 4.29. The van der Waals surface area contributed by atoms with E-state index in [9.17, 15) is 18.0 Å². The summed E-state index contributed by atoms with van der Waals surface area (Å²) >= 11 is 1.37. The highest BCUT2D eigenvalue weighted by molar-refractivity contribution is 7.72. The summed E-state index contributed by atoms with van der Waals surface area (Å²) in [5, 5.41) is 1.83. The molecule has 0 saturated heterocycles. The number of hydrogen-bond donors (Lipinski definition) is 3. The molecule has 0 aliphatic carbocycles. The lowest BCUT2D eigenvalue weighted by Gasteiger charge is -2.03. The molecule has 10 heteroatoms. The number of amides is 1.